The first-order chi connectivity index (χ1) is 6.72. The molecule has 0 N–H and O–H groups in total. The van der Waals surface area contributed by atoms with Crippen molar-refractivity contribution in [3.8, 4) is 0 Å². The van der Waals surface area contributed by atoms with Crippen LogP contribution in [-0.2, 0) is 18.9 Å². The van der Waals surface area contributed by atoms with Gasteiger partial charge in [-0.05, 0) is 0 Å². The monoisotopic (exact) mass is 198 g/mol. The summed E-state index contributed by atoms with van der Waals surface area (Å²) < 4.78 is 21.7. The van der Waals surface area contributed by atoms with E-state index < -0.39 is 5.60 Å². The van der Waals surface area contributed by atoms with Gasteiger partial charge in [0.25, 0.3) is 0 Å². The first kappa shape index (κ1) is 10.4. The molecule has 14 heavy (non-hydrogen) atoms. The number of hydrogen-bond donors (Lipinski definition) is 0. The smallest absolute Gasteiger partial charge is 0.122 e. The van der Waals surface area contributed by atoms with Gasteiger partial charge in [-0.25, -0.2) is 0 Å². The van der Waals surface area contributed by atoms with Crippen molar-refractivity contribution < 1.29 is 18.9 Å². The average Bonchev–Trinajstić information content (AvgIpc) is 2.60. The van der Waals surface area contributed by atoms with E-state index in [0.717, 1.165) is 6.42 Å². The van der Waals surface area contributed by atoms with Gasteiger partial charge in [0.1, 0.15) is 19.6 Å². The third-order valence-electron chi connectivity index (χ3n) is 2.92. The summed E-state index contributed by atoms with van der Waals surface area (Å²) in [6.45, 7) is 1.03. The Morgan fingerprint density at radius 3 is 2.79 bits per heavy atom. The van der Waals surface area contributed by atoms with Crippen LogP contribution in [0.3, 0.4) is 0 Å². The van der Waals surface area contributed by atoms with Crippen LogP contribution in [-0.4, -0.2) is 59.1 Å². The minimum atomic E-state index is -0.394. The van der Waals surface area contributed by atoms with E-state index in [-0.39, 0.29) is 18.2 Å². The van der Waals surface area contributed by atoms with E-state index in [0.29, 0.717) is 13.2 Å². The molecule has 0 aromatic heterocycles. The lowest BCUT2D eigenvalue weighted by molar-refractivity contribution is -0.190. The zero-order chi connectivity index (χ0) is 10.2. The predicted octanol–water partition coefficient (Wildman–Crippen LogP) is -0.300. The molecule has 0 aromatic rings. The summed E-state index contributed by atoms with van der Waals surface area (Å²) >= 11 is 0. The normalized spacial score (nSPS) is 46.0. The molecule has 0 spiro atoms. The highest BCUT2D eigenvalue weighted by atomic mass is 16.6. The van der Waals surface area contributed by atoms with E-state index in [1.165, 1.54) is 0 Å². The number of fused-ring (bicyclic) bond motifs is 2. The van der Waals surface area contributed by atoms with Crippen molar-refractivity contribution in [2.24, 2.45) is 0 Å². The summed E-state index contributed by atoms with van der Waals surface area (Å²) in [6, 6.07) is -0.321. The lowest BCUT2D eigenvalue weighted by Gasteiger charge is -2.36. The van der Waals surface area contributed by atoms with E-state index in [2.05, 4.69) is 0 Å². The van der Waals surface area contributed by atoms with Gasteiger partial charge >= 0.3 is 0 Å². The zero-order valence-electron chi connectivity index (χ0n) is 8.56. The highest BCUT2D eigenvalue weighted by molar-refractivity contribution is 6.11. The summed E-state index contributed by atoms with van der Waals surface area (Å²) in [5.74, 6) is 0. The van der Waals surface area contributed by atoms with Crippen LogP contribution in [0.1, 0.15) is 6.42 Å². The second-order valence-electron chi connectivity index (χ2n) is 3.90. The SMILES string of the molecule is [B][C@@H]1OC2(COC)C[C@@H]1OC2COC. The first-order valence-corrected chi connectivity index (χ1v) is 4.78. The quantitative estimate of drug-likeness (QED) is 0.581. The molecule has 2 bridgehead atoms. The van der Waals surface area contributed by atoms with Crippen LogP contribution in [0.25, 0.3) is 0 Å². The van der Waals surface area contributed by atoms with Gasteiger partial charge in [-0.15, -0.1) is 0 Å². The Balaban J connectivity index is 2.08. The Morgan fingerprint density at radius 1 is 1.43 bits per heavy atom. The molecule has 2 radical (unpaired) electrons. The van der Waals surface area contributed by atoms with E-state index >= 15 is 0 Å². The highest BCUT2D eigenvalue weighted by Gasteiger charge is 2.57. The Hall–Kier alpha value is -0.0951. The molecule has 2 unspecified atom stereocenters. The number of methoxy groups -OCH3 is 2. The fraction of sp³-hybridized carbons (Fsp3) is 1.00. The van der Waals surface area contributed by atoms with Gasteiger partial charge in [0, 0.05) is 26.6 Å². The summed E-state index contributed by atoms with van der Waals surface area (Å²) in [5, 5.41) is 0. The van der Waals surface area contributed by atoms with Crippen molar-refractivity contribution in [2.45, 2.75) is 30.2 Å². The van der Waals surface area contributed by atoms with Gasteiger partial charge in [-0.1, -0.05) is 0 Å². The largest absolute Gasteiger partial charge is 0.382 e. The lowest BCUT2D eigenvalue weighted by atomic mass is 9.93. The van der Waals surface area contributed by atoms with Gasteiger partial charge in [0.05, 0.1) is 19.3 Å². The summed E-state index contributed by atoms with van der Waals surface area (Å²) in [7, 11) is 9.05. The van der Waals surface area contributed by atoms with Gasteiger partial charge in [0.2, 0.25) is 0 Å². The van der Waals surface area contributed by atoms with Crippen molar-refractivity contribution in [3.05, 3.63) is 0 Å². The molecule has 4 atom stereocenters. The minimum Gasteiger partial charge on any atom is -0.382 e. The molecule has 2 aliphatic rings. The maximum absolute atomic E-state index is 5.75. The highest BCUT2D eigenvalue weighted by Crippen LogP contribution is 2.43. The second-order valence-corrected chi connectivity index (χ2v) is 3.90. The predicted molar refractivity (Wildman–Crippen MR) is 50.4 cm³/mol. The molecule has 0 aliphatic carbocycles. The van der Waals surface area contributed by atoms with Gasteiger partial charge < -0.3 is 18.9 Å². The Morgan fingerprint density at radius 2 is 2.21 bits per heavy atom. The Bertz CT molecular complexity index is 209. The molecular formula is C9H15BO4. The molecule has 2 heterocycles. The van der Waals surface area contributed by atoms with Gasteiger partial charge in [-0.2, -0.15) is 0 Å². The van der Waals surface area contributed by atoms with Crippen LogP contribution in [0.2, 0.25) is 0 Å². The van der Waals surface area contributed by atoms with Gasteiger partial charge in [0.15, 0.2) is 0 Å². The van der Waals surface area contributed by atoms with E-state index in [9.17, 15) is 0 Å². The maximum Gasteiger partial charge on any atom is 0.122 e. The zero-order valence-corrected chi connectivity index (χ0v) is 8.56. The molecule has 5 heteroatoms. The maximum atomic E-state index is 5.75. The number of ether oxygens (including phenoxy) is 4. The number of hydrogen-bond acceptors (Lipinski definition) is 4. The molecule has 0 saturated carbocycles. The molecule has 2 fully saturated rings. The summed E-state index contributed by atoms with van der Waals surface area (Å²) in [6.07, 6.45) is 0.735. The molecule has 2 rings (SSSR count). The van der Waals surface area contributed by atoms with Crippen molar-refractivity contribution in [1.82, 2.24) is 0 Å². The van der Waals surface area contributed by atoms with E-state index in [1.54, 1.807) is 14.2 Å². The van der Waals surface area contributed by atoms with Crippen molar-refractivity contribution in [3.63, 3.8) is 0 Å². The van der Waals surface area contributed by atoms with Crippen LogP contribution in [0, 0.1) is 0 Å². The van der Waals surface area contributed by atoms with Crippen LogP contribution in [0.4, 0.5) is 0 Å². The van der Waals surface area contributed by atoms with Crippen molar-refractivity contribution in [1.29, 1.82) is 0 Å². The third-order valence-corrected chi connectivity index (χ3v) is 2.92. The second kappa shape index (κ2) is 3.81. The van der Waals surface area contributed by atoms with Crippen LogP contribution in [0.5, 0.6) is 0 Å². The molecule has 78 valence electrons. The van der Waals surface area contributed by atoms with Crippen molar-refractivity contribution in [2.75, 3.05) is 27.4 Å². The average molecular weight is 198 g/mol. The van der Waals surface area contributed by atoms with Crippen LogP contribution in [0.15, 0.2) is 0 Å². The summed E-state index contributed by atoms with van der Waals surface area (Å²) in [5.41, 5.74) is -0.394. The fourth-order valence-corrected chi connectivity index (χ4v) is 2.29. The number of rotatable bonds is 4. The molecule has 4 nitrogen and oxygen atoms in total. The molecular weight excluding hydrogens is 183 g/mol. The Labute approximate surface area is 85.3 Å². The third kappa shape index (κ3) is 1.48. The van der Waals surface area contributed by atoms with Crippen LogP contribution >= 0.6 is 0 Å². The van der Waals surface area contributed by atoms with Crippen molar-refractivity contribution >= 4 is 7.85 Å². The topological polar surface area (TPSA) is 36.9 Å². The molecule has 0 amide bonds. The standard InChI is InChI=1S/C9H15BO4/c1-11-4-7-9(5-12-2)3-6(13-7)8(10)14-9/h6-8H,3-5H2,1-2H3/t6-,7?,8+,9?/m0/s1. The lowest BCUT2D eigenvalue weighted by Crippen LogP contribution is -2.50. The summed E-state index contributed by atoms with van der Waals surface area (Å²) in [4.78, 5) is 0. The molecule has 2 saturated heterocycles. The van der Waals surface area contributed by atoms with E-state index in [1.807, 2.05) is 0 Å². The van der Waals surface area contributed by atoms with Crippen LogP contribution < -0.4 is 0 Å². The molecule has 0 aromatic carbocycles. The fourth-order valence-electron chi connectivity index (χ4n) is 2.29. The molecule has 2 aliphatic heterocycles. The van der Waals surface area contributed by atoms with Gasteiger partial charge in [-0.3, -0.25) is 0 Å². The minimum absolute atomic E-state index is 0.00898. The van der Waals surface area contributed by atoms with E-state index in [4.69, 9.17) is 26.8 Å². The Kier molecular flexibility index (Phi) is 2.84. The first-order valence-electron chi connectivity index (χ1n) is 4.78.